The number of halogens is 1. The third kappa shape index (κ3) is 4.78. The summed E-state index contributed by atoms with van der Waals surface area (Å²) < 4.78 is 16.8. The quantitative estimate of drug-likeness (QED) is 0.428. The average Bonchev–Trinajstić information content (AvgIpc) is 3.31. The Balaban J connectivity index is 1.54. The molecule has 5 N–H and O–H groups in total. The molecule has 9 heteroatoms. The van der Waals surface area contributed by atoms with Crippen molar-refractivity contribution in [3.05, 3.63) is 64.2 Å². The molecule has 0 amide bonds. The lowest BCUT2D eigenvalue weighted by Crippen LogP contribution is -2.55. The standard InChI is InChI=1S/C23H27ClO8/c24-17-6-3-13(23-22(29)21(28)20(27)18(10-25)32-23)9-16(17)19(26)12-1-4-14(5-2-12)31-15-7-8-30-11-15/h1-6,9,15,18-23,25-29H,7-8,10-11H2/t15-,18?,19?,20+,21-,22+,23-/m0/s1. The first kappa shape index (κ1) is 23.4. The molecule has 7 atom stereocenters. The van der Waals surface area contributed by atoms with Crippen LogP contribution in [0.2, 0.25) is 5.02 Å². The third-order valence-corrected chi connectivity index (χ3v) is 6.27. The van der Waals surface area contributed by atoms with Crippen LogP contribution in [0.5, 0.6) is 5.75 Å². The minimum absolute atomic E-state index is 0.0236. The van der Waals surface area contributed by atoms with Gasteiger partial charge in [0.2, 0.25) is 0 Å². The summed E-state index contributed by atoms with van der Waals surface area (Å²) in [7, 11) is 0. The van der Waals surface area contributed by atoms with Crippen LogP contribution in [0.3, 0.4) is 0 Å². The molecule has 2 aromatic carbocycles. The van der Waals surface area contributed by atoms with E-state index >= 15 is 0 Å². The molecule has 174 valence electrons. The van der Waals surface area contributed by atoms with Gasteiger partial charge >= 0.3 is 0 Å². The Morgan fingerprint density at radius 2 is 1.78 bits per heavy atom. The zero-order valence-electron chi connectivity index (χ0n) is 17.3. The van der Waals surface area contributed by atoms with Crippen LogP contribution >= 0.6 is 11.6 Å². The van der Waals surface area contributed by atoms with Crippen LogP contribution in [0.25, 0.3) is 0 Å². The molecule has 2 heterocycles. The van der Waals surface area contributed by atoms with Crippen LogP contribution in [-0.2, 0) is 9.47 Å². The first-order chi connectivity index (χ1) is 15.4. The maximum atomic E-state index is 11.0. The van der Waals surface area contributed by atoms with E-state index in [1.54, 1.807) is 42.5 Å². The summed E-state index contributed by atoms with van der Waals surface area (Å²) in [5, 5.41) is 51.2. The van der Waals surface area contributed by atoms with Crippen molar-refractivity contribution in [2.45, 2.75) is 49.1 Å². The summed E-state index contributed by atoms with van der Waals surface area (Å²) in [4.78, 5) is 0. The van der Waals surface area contributed by atoms with Gasteiger partial charge < -0.3 is 39.7 Å². The fourth-order valence-electron chi connectivity index (χ4n) is 4.03. The van der Waals surface area contributed by atoms with E-state index in [-0.39, 0.29) is 6.10 Å². The predicted octanol–water partition coefficient (Wildman–Crippen LogP) is 1.10. The lowest BCUT2D eigenvalue weighted by atomic mass is 9.89. The zero-order chi connectivity index (χ0) is 22.8. The Labute approximate surface area is 190 Å². The molecule has 2 fully saturated rings. The molecular formula is C23H27ClO8. The van der Waals surface area contributed by atoms with Crippen LogP contribution in [0.4, 0.5) is 0 Å². The number of hydrogen-bond donors (Lipinski definition) is 5. The number of benzene rings is 2. The maximum absolute atomic E-state index is 11.0. The summed E-state index contributed by atoms with van der Waals surface area (Å²) in [5.41, 5.74) is 1.42. The van der Waals surface area contributed by atoms with Gasteiger partial charge in [-0.15, -0.1) is 0 Å². The van der Waals surface area contributed by atoms with E-state index in [2.05, 4.69) is 0 Å². The van der Waals surface area contributed by atoms with Gasteiger partial charge in [-0.05, 0) is 35.4 Å². The van der Waals surface area contributed by atoms with Gasteiger partial charge in [0.25, 0.3) is 0 Å². The molecule has 4 rings (SSSR count). The second kappa shape index (κ2) is 10.0. The van der Waals surface area contributed by atoms with Crippen molar-refractivity contribution in [1.29, 1.82) is 0 Å². The summed E-state index contributed by atoms with van der Waals surface area (Å²) >= 11 is 6.34. The number of aliphatic hydroxyl groups excluding tert-OH is 5. The second-order valence-electron chi connectivity index (χ2n) is 8.11. The Hall–Kier alpha value is -1.75. The van der Waals surface area contributed by atoms with E-state index in [9.17, 15) is 25.5 Å². The van der Waals surface area contributed by atoms with E-state index < -0.39 is 43.2 Å². The molecule has 2 unspecified atom stereocenters. The molecule has 0 aromatic heterocycles. The molecule has 0 spiro atoms. The Bertz CT molecular complexity index is 899. The Morgan fingerprint density at radius 1 is 1.03 bits per heavy atom. The van der Waals surface area contributed by atoms with Crippen LogP contribution in [0, 0.1) is 0 Å². The van der Waals surface area contributed by atoms with E-state index in [1.807, 2.05) is 0 Å². The topological polar surface area (TPSA) is 129 Å². The SMILES string of the molecule is OCC1O[C@@H](c2ccc(Cl)c(C(O)c3ccc(O[C@H]4CCOC4)cc3)c2)[C@H](O)[C@@H](O)[C@@H]1O. The van der Waals surface area contributed by atoms with Gasteiger partial charge in [0.05, 0.1) is 19.8 Å². The van der Waals surface area contributed by atoms with Gasteiger partial charge in [-0.3, -0.25) is 0 Å². The largest absolute Gasteiger partial charge is 0.488 e. The predicted molar refractivity (Wildman–Crippen MR) is 115 cm³/mol. The molecule has 0 saturated carbocycles. The highest BCUT2D eigenvalue weighted by atomic mass is 35.5. The van der Waals surface area contributed by atoms with Gasteiger partial charge in [0, 0.05) is 17.0 Å². The first-order valence-electron chi connectivity index (χ1n) is 10.5. The molecule has 2 aromatic rings. The fraction of sp³-hybridized carbons (Fsp3) is 0.478. The molecule has 0 bridgehead atoms. The van der Waals surface area contributed by atoms with Crippen LogP contribution < -0.4 is 4.74 Å². The lowest BCUT2D eigenvalue weighted by Gasteiger charge is -2.40. The third-order valence-electron chi connectivity index (χ3n) is 5.92. The molecule has 2 saturated heterocycles. The summed E-state index contributed by atoms with van der Waals surface area (Å²) in [5.74, 6) is 0.678. The number of aliphatic hydroxyl groups is 5. The minimum Gasteiger partial charge on any atom is -0.488 e. The molecule has 2 aliphatic rings. The van der Waals surface area contributed by atoms with Gasteiger partial charge in [-0.2, -0.15) is 0 Å². The first-order valence-corrected chi connectivity index (χ1v) is 10.9. The highest BCUT2D eigenvalue weighted by molar-refractivity contribution is 6.31. The van der Waals surface area contributed by atoms with E-state index in [4.69, 9.17) is 25.8 Å². The average molecular weight is 467 g/mol. The Morgan fingerprint density at radius 3 is 2.44 bits per heavy atom. The van der Waals surface area contributed by atoms with Crippen molar-refractivity contribution >= 4 is 11.6 Å². The van der Waals surface area contributed by atoms with Gasteiger partial charge in [-0.1, -0.05) is 29.8 Å². The molecule has 2 aliphatic heterocycles. The van der Waals surface area contributed by atoms with Crippen molar-refractivity contribution in [2.75, 3.05) is 19.8 Å². The normalized spacial score (nSPS) is 31.4. The van der Waals surface area contributed by atoms with Crippen molar-refractivity contribution in [1.82, 2.24) is 0 Å². The van der Waals surface area contributed by atoms with Crippen molar-refractivity contribution in [3.8, 4) is 5.75 Å². The van der Waals surface area contributed by atoms with E-state index in [0.29, 0.717) is 40.7 Å². The molecule has 0 radical (unpaired) electrons. The monoisotopic (exact) mass is 466 g/mol. The molecular weight excluding hydrogens is 440 g/mol. The van der Waals surface area contributed by atoms with Gasteiger partial charge in [0.15, 0.2) is 0 Å². The fourth-order valence-corrected chi connectivity index (χ4v) is 4.25. The van der Waals surface area contributed by atoms with E-state index in [0.717, 1.165) is 6.42 Å². The molecule has 0 aliphatic carbocycles. The van der Waals surface area contributed by atoms with Gasteiger partial charge in [0.1, 0.15) is 48.5 Å². The number of ether oxygens (including phenoxy) is 3. The highest BCUT2D eigenvalue weighted by Gasteiger charge is 2.44. The maximum Gasteiger partial charge on any atom is 0.124 e. The molecule has 32 heavy (non-hydrogen) atoms. The smallest absolute Gasteiger partial charge is 0.124 e. The van der Waals surface area contributed by atoms with Crippen molar-refractivity contribution in [3.63, 3.8) is 0 Å². The lowest BCUT2D eigenvalue weighted by molar-refractivity contribution is -0.231. The van der Waals surface area contributed by atoms with Crippen molar-refractivity contribution in [2.24, 2.45) is 0 Å². The number of rotatable bonds is 6. The second-order valence-corrected chi connectivity index (χ2v) is 8.51. The Kier molecular flexibility index (Phi) is 7.34. The van der Waals surface area contributed by atoms with Gasteiger partial charge in [-0.25, -0.2) is 0 Å². The summed E-state index contributed by atoms with van der Waals surface area (Å²) in [6, 6.07) is 11.8. The highest BCUT2D eigenvalue weighted by Crippen LogP contribution is 2.36. The minimum atomic E-state index is -1.49. The molecule has 8 nitrogen and oxygen atoms in total. The van der Waals surface area contributed by atoms with Crippen LogP contribution in [0.1, 0.15) is 35.3 Å². The summed E-state index contributed by atoms with van der Waals surface area (Å²) in [6.45, 7) is 0.724. The summed E-state index contributed by atoms with van der Waals surface area (Å²) in [6.07, 6.45) is -6.60. The number of hydrogen-bond acceptors (Lipinski definition) is 8. The van der Waals surface area contributed by atoms with E-state index in [1.165, 1.54) is 0 Å². The van der Waals surface area contributed by atoms with Crippen LogP contribution in [-0.4, -0.2) is 75.9 Å². The van der Waals surface area contributed by atoms with Crippen LogP contribution in [0.15, 0.2) is 42.5 Å². The van der Waals surface area contributed by atoms with Crippen molar-refractivity contribution < 1.29 is 39.7 Å². The zero-order valence-corrected chi connectivity index (χ0v) is 18.0.